The molecule has 0 unspecified atom stereocenters. The largest absolute Gasteiger partial charge is 0.394 e. The lowest BCUT2D eigenvalue weighted by Gasteiger charge is -1.97. The van der Waals surface area contributed by atoms with Crippen LogP contribution in [0.3, 0.4) is 0 Å². The average molecular weight is 251 g/mol. The van der Waals surface area contributed by atoms with Crippen molar-refractivity contribution in [1.29, 1.82) is 0 Å². The average Bonchev–Trinajstić information content (AvgIpc) is 2.37. The Morgan fingerprint density at radius 1 is 1.06 bits per heavy atom. The summed E-state index contributed by atoms with van der Waals surface area (Å²) in [6, 6.07) is 0. The van der Waals surface area contributed by atoms with E-state index < -0.39 is 6.10 Å². The maximum absolute atomic E-state index is 9.47. The molecule has 0 aliphatic heterocycles. The third-order valence-electron chi connectivity index (χ3n) is 2.06. The van der Waals surface area contributed by atoms with Crippen molar-refractivity contribution in [2.24, 2.45) is 5.34 Å². The lowest BCUT2D eigenvalue weighted by Crippen LogP contribution is -2.15. The SMILES string of the molecule is CCCCCCCCON=O.OCC(O)CO. The molecule has 0 aliphatic rings. The molecule has 0 radical (unpaired) electrons. The van der Waals surface area contributed by atoms with Crippen LogP contribution in [0.5, 0.6) is 0 Å². The van der Waals surface area contributed by atoms with Crippen molar-refractivity contribution in [3.8, 4) is 0 Å². The highest BCUT2D eigenvalue weighted by Gasteiger charge is 1.93. The fourth-order valence-electron chi connectivity index (χ4n) is 1.04. The van der Waals surface area contributed by atoms with E-state index in [0.29, 0.717) is 6.61 Å². The molecule has 0 heterocycles. The predicted octanol–water partition coefficient (Wildman–Crippen LogP) is 1.38. The normalized spacial score (nSPS) is 9.71. The summed E-state index contributed by atoms with van der Waals surface area (Å²) in [7, 11) is 0. The van der Waals surface area contributed by atoms with Crippen molar-refractivity contribution in [2.45, 2.75) is 51.6 Å². The summed E-state index contributed by atoms with van der Waals surface area (Å²) < 4.78 is 0. The van der Waals surface area contributed by atoms with Gasteiger partial charge in [-0.1, -0.05) is 32.6 Å². The van der Waals surface area contributed by atoms with Crippen LogP contribution in [0.15, 0.2) is 5.34 Å². The van der Waals surface area contributed by atoms with Crippen LogP contribution in [-0.4, -0.2) is 41.2 Å². The Morgan fingerprint density at radius 3 is 2.00 bits per heavy atom. The third-order valence-corrected chi connectivity index (χ3v) is 2.06. The first-order chi connectivity index (χ1) is 8.22. The van der Waals surface area contributed by atoms with E-state index in [1.165, 1.54) is 25.7 Å². The van der Waals surface area contributed by atoms with E-state index in [9.17, 15) is 4.91 Å². The fourth-order valence-corrected chi connectivity index (χ4v) is 1.04. The van der Waals surface area contributed by atoms with Crippen molar-refractivity contribution >= 4 is 0 Å². The minimum Gasteiger partial charge on any atom is -0.394 e. The van der Waals surface area contributed by atoms with Crippen LogP contribution in [0.2, 0.25) is 0 Å². The van der Waals surface area contributed by atoms with E-state index in [0.717, 1.165) is 12.8 Å². The minimum atomic E-state index is -0.954. The molecular formula is C11H25NO5. The molecule has 0 aromatic rings. The maximum atomic E-state index is 9.47. The molecule has 0 aromatic heterocycles. The van der Waals surface area contributed by atoms with Crippen LogP contribution in [0, 0.1) is 4.91 Å². The van der Waals surface area contributed by atoms with Crippen LogP contribution >= 0.6 is 0 Å². The maximum Gasteiger partial charge on any atom is 0.155 e. The summed E-state index contributed by atoms with van der Waals surface area (Å²) in [4.78, 5) is 13.8. The number of hydrogen-bond donors (Lipinski definition) is 3. The number of aliphatic hydroxyl groups is 3. The highest BCUT2D eigenvalue weighted by Crippen LogP contribution is 2.04. The molecule has 0 bridgehead atoms. The van der Waals surface area contributed by atoms with Crippen molar-refractivity contribution in [3.05, 3.63) is 4.91 Å². The van der Waals surface area contributed by atoms with Gasteiger partial charge in [-0.15, -0.1) is 4.91 Å². The summed E-state index contributed by atoms with van der Waals surface area (Å²) in [6.07, 6.45) is 6.27. The topological polar surface area (TPSA) is 99.4 Å². The van der Waals surface area contributed by atoms with E-state index in [1.807, 2.05) is 0 Å². The van der Waals surface area contributed by atoms with Crippen LogP contribution in [0.4, 0.5) is 0 Å². The molecule has 17 heavy (non-hydrogen) atoms. The van der Waals surface area contributed by atoms with E-state index in [2.05, 4.69) is 17.1 Å². The number of aliphatic hydroxyl groups excluding tert-OH is 3. The molecule has 3 N–H and O–H groups in total. The standard InChI is InChI=1S/C8H17NO2.C3H8O3/c1-2-3-4-5-6-7-8-11-9-10;4-1-3(6)2-5/h2-8H2,1H3;3-6H,1-2H2. The lowest BCUT2D eigenvalue weighted by atomic mass is 10.1. The molecule has 0 amide bonds. The van der Waals surface area contributed by atoms with Gasteiger partial charge in [-0.2, -0.15) is 0 Å². The number of rotatable bonds is 10. The monoisotopic (exact) mass is 251 g/mol. The van der Waals surface area contributed by atoms with Crippen LogP contribution in [0.25, 0.3) is 0 Å². The molecule has 0 atom stereocenters. The van der Waals surface area contributed by atoms with Crippen LogP contribution < -0.4 is 0 Å². The van der Waals surface area contributed by atoms with Gasteiger partial charge in [-0.25, -0.2) is 0 Å². The van der Waals surface area contributed by atoms with Crippen molar-refractivity contribution in [2.75, 3.05) is 19.8 Å². The molecule has 104 valence electrons. The first-order valence-corrected chi connectivity index (χ1v) is 6.07. The zero-order chi connectivity index (χ0) is 13.4. The minimum absolute atomic E-state index is 0.365. The number of nitrogens with zero attached hydrogens (tertiary/aromatic N) is 1. The Balaban J connectivity index is 0. The van der Waals surface area contributed by atoms with E-state index in [4.69, 9.17) is 15.3 Å². The second-order valence-electron chi connectivity index (χ2n) is 3.69. The van der Waals surface area contributed by atoms with Crippen molar-refractivity contribution < 1.29 is 20.2 Å². The Hall–Kier alpha value is -0.720. The summed E-state index contributed by atoms with van der Waals surface area (Å²) in [5, 5.41) is 26.3. The molecule has 0 aliphatic carbocycles. The van der Waals surface area contributed by atoms with Gasteiger partial charge in [0, 0.05) is 0 Å². The first kappa shape index (κ1) is 18.6. The Labute approximate surface area is 103 Å². The summed E-state index contributed by atoms with van der Waals surface area (Å²) >= 11 is 0. The summed E-state index contributed by atoms with van der Waals surface area (Å²) in [5.74, 6) is 0. The quantitative estimate of drug-likeness (QED) is 0.309. The molecule has 0 aromatic carbocycles. The van der Waals surface area contributed by atoms with Gasteiger partial charge in [0.05, 0.1) is 13.2 Å². The lowest BCUT2D eigenvalue weighted by molar-refractivity contribution is 0.0450. The van der Waals surface area contributed by atoms with E-state index >= 15 is 0 Å². The molecule has 6 nitrogen and oxygen atoms in total. The molecule has 0 spiro atoms. The van der Waals surface area contributed by atoms with Crippen LogP contribution in [0.1, 0.15) is 45.4 Å². The molecule has 0 rings (SSSR count). The van der Waals surface area contributed by atoms with Crippen LogP contribution in [-0.2, 0) is 4.84 Å². The van der Waals surface area contributed by atoms with Gasteiger partial charge in [0.2, 0.25) is 0 Å². The van der Waals surface area contributed by atoms with Gasteiger partial charge in [-0.05, 0) is 12.8 Å². The highest BCUT2D eigenvalue weighted by molar-refractivity contribution is 4.44. The highest BCUT2D eigenvalue weighted by atomic mass is 16.7. The van der Waals surface area contributed by atoms with Crippen molar-refractivity contribution in [1.82, 2.24) is 0 Å². The molecule has 0 saturated carbocycles. The first-order valence-electron chi connectivity index (χ1n) is 6.07. The van der Waals surface area contributed by atoms with Gasteiger partial charge < -0.3 is 20.2 Å². The number of hydrogen-bond acceptors (Lipinski definition) is 6. The van der Waals surface area contributed by atoms with Crippen molar-refractivity contribution in [3.63, 3.8) is 0 Å². The molecule has 6 heteroatoms. The van der Waals surface area contributed by atoms with Gasteiger partial charge >= 0.3 is 0 Å². The van der Waals surface area contributed by atoms with Gasteiger partial charge in [0.25, 0.3) is 0 Å². The van der Waals surface area contributed by atoms with Gasteiger partial charge in [-0.3, -0.25) is 0 Å². The van der Waals surface area contributed by atoms with E-state index in [-0.39, 0.29) is 13.2 Å². The molecule has 0 fully saturated rings. The number of unbranched alkanes of at least 4 members (excludes halogenated alkanes) is 5. The fraction of sp³-hybridized carbons (Fsp3) is 1.00. The summed E-state index contributed by atoms with van der Waals surface area (Å²) in [5.41, 5.74) is 0. The molecule has 0 saturated heterocycles. The Bertz CT molecular complexity index is 142. The van der Waals surface area contributed by atoms with Gasteiger partial charge in [0.1, 0.15) is 12.7 Å². The Kier molecular flexibility index (Phi) is 19.4. The Morgan fingerprint density at radius 2 is 1.59 bits per heavy atom. The predicted molar refractivity (Wildman–Crippen MR) is 65.3 cm³/mol. The third kappa shape index (κ3) is 21.2. The zero-order valence-corrected chi connectivity index (χ0v) is 10.5. The van der Waals surface area contributed by atoms with Gasteiger partial charge in [0.15, 0.2) is 5.34 Å². The second-order valence-corrected chi connectivity index (χ2v) is 3.69. The molecular weight excluding hydrogens is 226 g/mol. The summed E-state index contributed by atoms with van der Waals surface area (Å²) in [6.45, 7) is 1.95. The smallest absolute Gasteiger partial charge is 0.155 e. The second kappa shape index (κ2) is 17.7. The van der Waals surface area contributed by atoms with E-state index in [1.54, 1.807) is 0 Å². The zero-order valence-electron chi connectivity index (χ0n) is 10.5.